The van der Waals surface area contributed by atoms with Crippen molar-refractivity contribution in [1.29, 1.82) is 0 Å². The maximum atomic E-state index is 5.67. The van der Waals surface area contributed by atoms with Crippen LogP contribution in [0.15, 0.2) is 18.5 Å². The molecule has 2 heterocycles. The maximum absolute atomic E-state index is 5.67. The van der Waals surface area contributed by atoms with Gasteiger partial charge in [0.1, 0.15) is 0 Å². The van der Waals surface area contributed by atoms with Crippen LogP contribution in [0.2, 0.25) is 0 Å². The molecule has 7 heteroatoms. The van der Waals surface area contributed by atoms with Gasteiger partial charge in [-0.3, -0.25) is 0 Å². The van der Waals surface area contributed by atoms with E-state index in [2.05, 4.69) is 46.1 Å². The number of hydrogen-bond acceptors (Lipinski definition) is 6. The average molecular weight is 247 g/mol. The molecule has 0 bridgehead atoms. The van der Waals surface area contributed by atoms with Crippen molar-refractivity contribution >= 4 is 11.9 Å². The van der Waals surface area contributed by atoms with E-state index in [4.69, 9.17) is 5.73 Å². The highest BCUT2D eigenvalue weighted by molar-refractivity contribution is 5.35. The van der Waals surface area contributed by atoms with E-state index >= 15 is 0 Å². The third kappa shape index (κ3) is 2.73. The predicted octanol–water partition coefficient (Wildman–Crippen LogP) is 1.10. The molecule has 1 unspecified atom stereocenters. The van der Waals surface area contributed by atoms with Crippen molar-refractivity contribution in [2.45, 2.75) is 26.8 Å². The van der Waals surface area contributed by atoms with Crippen LogP contribution in [0, 0.1) is 5.92 Å². The van der Waals surface area contributed by atoms with Crippen molar-refractivity contribution in [3.63, 3.8) is 0 Å². The highest BCUT2D eigenvalue weighted by Crippen LogP contribution is 2.10. The monoisotopic (exact) mass is 247 g/mol. The molecule has 0 aromatic carbocycles. The Balaban J connectivity index is 2.27. The van der Waals surface area contributed by atoms with Gasteiger partial charge in [-0.1, -0.05) is 13.8 Å². The summed E-state index contributed by atoms with van der Waals surface area (Å²) >= 11 is 0. The first-order chi connectivity index (χ1) is 8.56. The number of nitrogens with zero attached hydrogens (tertiary/aromatic N) is 5. The minimum absolute atomic E-state index is 0.175. The van der Waals surface area contributed by atoms with Crippen molar-refractivity contribution in [2.75, 3.05) is 11.1 Å². The second-order valence-corrected chi connectivity index (χ2v) is 4.44. The summed E-state index contributed by atoms with van der Waals surface area (Å²) in [6, 6.07) is 2.04. The van der Waals surface area contributed by atoms with Crippen LogP contribution in [0.3, 0.4) is 0 Å². The van der Waals surface area contributed by atoms with Crippen molar-refractivity contribution < 1.29 is 0 Å². The van der Waals surface area contributed by atoms with Crippen LogP contribution in [0.4, 0.5) is 11.9 Å². The zero-order chi connectivity index (χ0) is 13.1. The van der Waals surface area contributed by atoms with Crippen molar-refractivity contribution in [1.82, 2.24) is 24.7 Å². The van der Waals surface area contributed by atoms with Crippen molar-refractivity contribution in [2.24, 2.45) is 5.92 Å². The van der Waals surface area contributed by atoms with Crippen LogP contribution in [0.5, 0.6) is 0 Å². The fourth-order valence-corrected chi connectivity index (χ4v) is 1.31. The van der Waals surface area contributed by atoms with Crippen LogP contribution in [-0.4, -0.2) is 30.8 Å². The van der Waals surface area contributed by atoms with Gasteiger partial charge in [-0.25, -0.2) is 4.68 Å². The first kappa shape index (κ1) is 12.3. The molecule has 0 aliphatic carbocycles. The van der Waals surface area contributed by atoms with Crippen LogP contribution in [-0.2, 0) is 0 Å². The summed E-state index contributed by atoms with van der Waals surface area (Å²) in [6.07, 6.45) is 3.41. The van der Waals surface area contributed by atoms with Crippen molar-refractivity contribution in [3.05, 3.63) is 18.5 Å². The van der Waals surface area contributed by atoms with Gasteiger partial charge < -0.3 is 11.1 Å². The minimum atomic E-state index is 0.175. The third-order valence-corrected chi connectivity index (χ3v) is 2.71. The Hall–Kier alpha value is -2.18. The van der Waals surface area contributed by atoms with Gasteiger partial charge in [0.25, 0.3) is 5.95 Å². The Morgan fingerprint density at radius 2 is 2.00 bits per heavy atom. The Bertz CT molecular complexity index is 506. The molecule has 1 atom stereocenters. The SMILES string of the molecule is CC(C)C(C)Nc1nc(N)nc(-n2cccn2)n1. The van der Waals surface area contributed by atoms with Gasteiger partial charge in [0.15, 0.2) is 0 Å². The normalized spacial score (nSPS) is 12.7. The molecule has 3 N–H and O–H groups in total. The zero-order valence-corrected chi connectivity index (χ0v) is 10.7. The molecule has 0 spiro atoms. The van der Waals surface area contributed by atoms with E-state index in [0.29, 0.717) is 17.8 Å². The molecule has 0 aliphatic rings. The van der Waals surface area contributed by atoms with Gasteiger partial charge in [-0.05, 0) is 18.9 Å². The number of nitrogen functional groups attached to an aromatic ring is 1. The zero-order valence-electron chi connectivity index (χ0n) is 10.7. The Morgan fingerprint density at radius 3 is 2.61 bits per heavy atom. The lowest BCUT2D eigenvalue weighted by molar-refractivity contribution is 0.555. The van der Waals surface area contributed by atoms with Crippen LogP contribution >= 0.6 is 0 Å². The number of rotatable bonds is 4. The lowest BCUT2D eigenvalue weighted by Gasteiger charge is -2.17. The van der Waals surface area contributed by atoms with E-state index in [1.807, 2.05) is 0 Å². The van der Waals surface area contributed by atoms with Crippen LogP contribution < -0.4 is 11.1 Å². The Labute approximate surface area is 105 Å². The fourth-order valence-electron chi connectivity index (χ4n) is 1.31. The first-order valence-electron chi connectivity index (χ1n) is 5.84. The van der Waals surface area contributed by atoms with Crippen molar-refractivity contribution in [3.8, 4) is 5.95 Å². The van der Waals surface area contributed by atoms with E-state index in [0.717, 1.165) is 0 Å². The molecule has 2 aromatic rings. The van der Waals surface area contributed by atoms with E-state index in [1.54, 1.807) is 23.1 Å². The van der Waals surface area contributed by atoms with Crippen LogP contribution in [0.1, 0.15) is 20.8 Å². The van der Waals surface area contributed by atoms with E-state index in [9.17, 15) is 0 Å². The maximum Gasteiger partial charge on any atom is 0.257 e. The molecule has 0 fully saturated rings. The molecule has 18 heavy (non-hydrogen) atoms. The van der Waals surface area contributed by atoms with Gasteiger partial charge >= 0.3 is 0 Å². The number of hydrogen-bond donors (Lipinski definition) is 2. The summed E-state index contributed by atoms with van der Waals surface area (Å²) in [6.45, 7) is 6.31. The summed E-state index contributed by atoms with van der Waals surface area (Å²) in [5, 5.41) is 7.26. The second-order valence-electron chi connectivity index (χ2n) is 4.44. The van der Waals surface area contributed by atoms with Gasteiger partial charge in [0, 0.05) is 18.4 Å². The number of nitrogens with two attached hydrogens (primary N) is 1. The summed E-state index contributed by atoms with van der Waals surface area (Å²) in [5.74, 6) is 1.52. The van der Waals surface area contributed by atoms with Gasteiger partial charge in [0.2, 0.25) is 11.9 Å². The molecular weight excluding hydrogens is 230 g/mol. The summed E-state index contributed by atoms with van der Waals surface area (Å²) < 4.78 is 1.54. The lowest BCUT2D eigenvalue weighted by Crippen LogP contribution is -2.24. The largest absolute Gasteiger partial charge is 0.368 e. The molecule has 0 saturated carbocycles. The lowest BCUT2D eigenvalue weighted by atomic mass is 10.1. The van der Waals surface area contributed by atoms with Crippen LogP contribution in [0.25, 0.3) is 5.95 Å². The second kappa shape index (κ2) is 4.99. The fraction of sp³-hybridized carbons (Fsp3) is 0.455. The average Bonchev–Trinajstić information content (AvgIpc) is 2.81. The van der Waals surface area contributed by atoms with Gasteiger partial charge in [-0.15, -0.1) is 0 Å². The predicted molar refractivity (Wildman–Crippen MR) is 69.3 cm³/mol. The topological polar surface area (TPSA) is 94.5 Å². The number of aromatic nitrogens is 5. The molecule has 96 valence electrons. The van der Waals surface area contributed by atoms with E-state index in [1.165, 1.54) is 0 Å². The standard InChI is InChI=1S/C11H17N7/c1-7(2)8(3)14-10-15-9(12)16-11(17-10)18-6-4-5-13-18/h4-8H,1-3H3,(H3,12,14,15,16,17). The highest BCUT2D eigenvalue weighted by atomic mass is 15.4. The van der Waals surface area contributed by atoms with Gasteiger partial charge in [0.05, 0.1) is 0 Å². The Morgan fingerprint density at radius 1 is 1.22 bits per heavy atom. The summed E-state index contributed by atoms with van der Waals surface area (Å²) in [5.41, 5.74) is 5.67. The Kier molecular flexibility index (Phi) is 3.40. The summed E-state index contributed by atoms with van der Waals surface area (Å²) in [4.78, 5) is 12.4. The molecule has 2 rings (SSSR count). The molecule has 2 aromatic heterocycles. The summed E-state index contributed by atoms with van der Waals surface area (Å²) in [7, 11) is 0. The van der Waals surface area contributed by atoms with E-state index in [-0.39, 0.29) is 12.0 Å². The molecule has 0 saturated heterocycles. The molecule has 0 amide bonds. The minimum Gasteiger partial charge on any atom is -0.368 e. The molecule has 0 radical (unpaired) electrons. The number of anilines is 2. The quantitative estimate of drug-likeness (QED) is 0.840. The number of nitrogens with one attached hydrogen (secondary N) is 1. The molecule has 0 aliphatic heterocycles. The molecular formula is C11H17N7. The first-order valence-corrected chi connectivity index (χ1v) is 5.84. The molecule has 7 nitrogen and oxygen atoms in total. The highest BCUT2D eigenvalue weighted by Gasteiger charge is 2.11. The third-order valence-electron chi connectivity index (χ3n) is 2.71. The van der Waals surface area contributed by atoms with E-state index < -0.39 is 0 Å². The van der Waals surface area contributed by atoms with Gasteiger partial charge in [-0.2, -0.15) is 20.1 Å². The smallest absolute Gasteiger partial charge is 0.257 e.